The van der Waals surface area contributed by atoms with Crippen molar-refractivity contribution in [3.63, 3.8) is 0 Å². The number of carbonyl (C=O) groups is 1. The monoisotopic (exact) mass is 376 g/mol. The fourth-order valence-electron chi connectivity index (χ4n) is 3.61. The number of likely N-dealkylation sites (tertiary alicyclic amines) is 1. The highest BCUT2D eigenvalue weighted by Gasteiger charge is 2.24. The van der Waals surface area contributed by atoms with E-state index in [1.54, 1.807) is 12.3 Å². The Kier molecular flexibility index (Phi) is 5.66. The average Bonchev–Trinajstić information content (AvgIpc) is 3.27. The Hall–Kier alpha value is -3.15. The molecule has 144 valence electrons. The maximum atomic E-state index is 12.8. The van der Waals surface area contributed by atoms with Crippen LogP contribution >= 0.6 is 0 Å². The van der Waals surface area contributed by atoms with Gasteiger partial charge in [0.25, 0.3) is 5.91 Å². The average molecular weight is 376 g/mol. The molecular formula is C22H24N4O2. The normalized spacial score (nSPS) is 14.8. The Morgan fingerprint density at radius 1 is 1.11 bits per heavy atom. The minimum absolute atomic E-state index is 0.0263. The number of benzene rings is 1. The van der Waals surface area contributed by atoms with Crippen molar-refractivity contribution in [1.29, 1.82) is 0 Å². The van der Waals surface area contributed by atoms with Crippen molar-refractivity contribution in [1.82, 2.24) is 14.9 Å². The second-order valence-electron chi connectivity index (χ2n) is 7.15. The Bertz CT molecular complexity index is 888. The Balaban J connectivity index is 1.31. The Morgan fingerprint density at radius 2 is 1.93 bits per heavy atom. The first-order chi connectivity index (χ1) is 13.8. The second-order valence-corrected chi connectivity index (χ2v) is 7.15. The third kappa shape index (κ3) is 4.57. The molecule has 6 heteroatoms. The summed E-state index contributed by atoms with van der Waals surface area (Å²) < 4.78 is 5.30. The molecule has 1 N–H and O–H groups in total. The molecule has 2 aromatic heterocycles. The van der Waals surface area contributed by atoms with Crippen LogP contribution in [0.15, 0.2) is 65.5 Å². The van der Waals surface area contributed by atoms with Crippen LogP contribution in [-0.4, -0.2) is 33.9 Å². The highest BCUT2D eigenvalue weighted by atomic mass is 16.3. The molecule has 0 radical (unpaired) electrons. The molecule has 6 nitrogen and oxygen atoms in total. The minimum Gasteiger partial charge on any atom is -0.467 e. The van der Waals surface area contributed by atoms with Gasteiger partial charge in [-0.2, -0.15) is 0 Å². The van der Waals surface area contributed by atoms with Crippen LogP contribution in [0.2, 0.25) is 0 Å². The number of piperidine rings is 1. The number of rotatable bonds is 6. The standard InChI is InChI=1S/C22H24N4O2/c27-22(20-14-21(25-16-24-20)23-15-19-7-4-12-28-19)26-10-8-18(9-11-26)13-17-5-2-1-3-6-17/h1-7,12,14,16,18H,8-11,13,15H2,(H,23,24,25). The number of hydrogen-bond donors (Lipinski definition) is 1. The molecule has 1 amide bonds. The largest absolute Gasteiger partial charge is 0.467 e. The Labute approximate surface area is 164 Å². The van der Waals surface area contributed by atoms with Gasteiger partial charge in [0.2, 0.25) is 0 Å². The van der Waals surface area contributed by atoms with E-state index in [1.807, 2.05) is 23.1 Å². The van der Waals surface area contributed by atoms with Crippen molar-refractivity contribution >= 4 is 11.7 Å². The lowest BCUT2D eigenvalue weighted by molar-refractivity contribution is 0.0684. The summed E-state index contributed by atoms with van der Waals surface area (Å²) in [6.07, 6.45) is 6.19. The van der Waals surface area contributed by atoms with Gasteiger partial charge in [0.05, 0.1) is 12.8 Å². The molecule has 0 spiro atoms. The van der Waals surface area contributed by atoms with Gasteiger partial charge in [-0.3, -0.25) is 4.79 Å². The summed E-state index contributed by atoms with van der Waals surface area (Å²) in [5, 5.41) is 3.16. The van der Waals surface area contributed by atoms with Crippen molar-refractivity contribution in [2.75, 3.05) is 18.4 Å². The van der Waals surface area contributed by atoms with Gasteiger partial charge < -0.3 is 14.6 Å². The molecule has 0 atom stereocenters. The third-order valence-corrected chi connectivity index (χ3v) is 5.18. The molecule has 0 unspecified atom stereocenters. The van der Waals surface area contributed by atoms with E-state index in [9.17, 15) is 4.79 Å². The van der Waals surface area contributed by atoms with Crippen molar-refractivity contribution in [3.05, 3.63) is 78.1 Å². The number of furan rings is 1. The summed E-state index contributed by atoms with van der Waals surface area (Å²) in [7, 11) is 0. The molecule has 1 aliphatic rings. The summed E-state index contributed by atoms with van der Waals surface area (Å²) in [5.41, 5.74) is 1.80. The first-order valence-corrected chi connectivity index (χ1v) is 9.69. The van der Waals surface area contributed by atoms with Crippen molar-refractivity contribution in [2.45, 2.75) is 25.8 Å². The van der Waals surface area contributed by atoms with Gasteiger partial charge in [0.15, 0.2) is 0 Å². The van der Waals surface area contributed by atoms with Crippen molar-refractivity contribution in [2.24, 2.45) is 5.92 Å². The van der Waals surface area contributed by atoms with Gasteiger partial charge in [-0.05, 0) is 42.9 Å². The Morgan fingerprint density at radius 3 is 2.68 bits per heavy atom. The number of nitrogens with one attached hydrogen (secondary N) is 1. The number of anilines is 1. The highest BCUT2D eigenvalue weighted by molar-refractivity contribution is 5.92. The number of carbonyl (C=O) groups excluding carboxylic acids is 1. The SMILES string of the molecule is O=C(c1cc(NCc2ccco2)ncn1)N1CCC(Cc2ccccc2)CC1. The molecule has 1 aliphatic heterocycles. The van der Waals surface area contributed by atoms with E-state index in [2.05, 4.69) is 39.6 Å². The van der Waals surface area contributed by atoms with Gasteiger partial charge in [0, 0.05) is 19.2 Å². The third-order valence-electron chi connectivity index (χ3n) is 5.18. The summed E-state index contributed by atoms with van der Waals surface area (Å²) in [4.78, 5) is 23.1. The first-order valence-electron chi connectivity index (χ1n) is 9.69. The predicted octanol–water partition coefficient (Wildman–Crippen LogP) is 3.78. The molecule has 1 aromatic carbocycles. The van der Waals surface area contributed by atoms with Gasteiger partial charge >= 0.3 is 0 Å². The summed E-state index contributed by atoms with van der Waals surface area (Å²) in [6, 6.07) is 16.0. The smallest absolute Gasteiger partial charge is 0.272 e. The van der Waals surface area contributed by atoms with Crippen molar-refractivity contribution < 1.29 is 9.21 Å². The van der Waals surface area contributed by atoms with Gasteiger partial charge in [-0.1, -0.05) is 30.3 Å². The molecule has 0 saturated carbocycles. The highest BCUT2D eigenvalue weighted by Crippen LogP contribution is 2.23. The number of amides is 1. The summed E-state index contributed by atoms with van der Waals surface area (Å²) >= 11 is 0. The van der Waals surface area contributed by atoms with Crippen LogP contribution in [-0.2, 0) is 13.0 Å². The zero-order chi connectivity index (χ0) is 19.2. The van der Waals surface area contributed by atoms with E-state index in [4.69, 9.17) is 4.42 Å². The molecular weight excluding hydrogens is 352 g/mol. The molecule has 1 saturated heterocycles. The number of hydrogen-bond acceptors (Lipinski definition) is 5. The van der Waals surface area contributed by atoms with E-state index in [0.29, 0.717) is 24.0 Å². The topological polar surface area (TPSA) is 71.3 Å². The molecule has 0 aliphatic carbocycles. The van der Waals surface area contributed by atoms with Crippen LogP contribution in [0, 0.1) is 5.92 Å². The quantitative estimate of drug-likeness (QED) is 0.709. The lowest BCUT2D eigenvalue weighted by Gasteiger charge is -2.32. The van der Waals surface area contributed by atoms with Crippen LogP contribution < -0.4 is 5.32 Å². The van der Waals surface area contributed by atoms with E-state index >= 15 is 0 Å². The minimum atomic E-state index is -0.0263. The fourth-order valence-corrected chi connectivity index (χ4v) is 3.61. The summed E-state index contributed by atoms with van der Waals surface area (Å²) in [6.45, 7) is 2.06. The van der Waals surface area contributed by atoms with Gasteiger partial charge in [0.1, 0.15) is 23.6 Å². The maximum absolute atomic E-state index is 12.8. The van der Waals surface area contributed by atoms with Crippen LogP contribution in [0.25, 0.3) is 0 Å². The van der Waals surface area contributed by atoms with E-state index < -0.39 is 0 Å². The lowest BCUT2D eigenvalue weighted by Crippen LogP contribution is -2.39. The molecule has 1 fully saturated rings. The van der Waals surface area contributed by atoms with Crippen LogP contribution in [0.1, 0.15) is 34.7 Å². The van der Waals surface area contributed by atoms with Crippen molar-refractivity contribution in [3.8, 4) is 0 Å². The van der Waals surface area contributed by atoms with Crippen LogP contribution in [0.4, 0.5) is 5.82 Å². The van der Waals surface area contributed by atoms with Gasteiger partial charge in [-0.25, -0.2) is 9.97 Å². The maximum Gasteiger partial charge on any atom is 0.272 e. The molecule has 28 heavy (non-hydrogen) atoms. The van der Waals surface area contributed by atoms with E-state index in [0.717, 1.165) is 38.1 Å². The van der Waals surface area contributed by atoms with E-state index in [1.165, 1.54) is 11.9 Å². The summed E-state index contributed by atoms with van der Waals surface area (Å²) in [5.74, 6) is 2.03. The zero-order valence-electron chi connectivity index (χ0n) is 15.8. The molecule has 4 rings (SSSR count). The van der Waals surface area contributed by atoms with Crippen LogP contribution in [0.5, 0.6) is 0 Å². The lowest BCUT2D eigenvalue weighted by atomic mass is 9.90. The molecule has 0 bridgehead atoms. The van der Waals surface area contributed by atoms with Crippen LogP contribution in [0.3, 0.4) is 0 Å². The van der Waals surface area contributed by atoms with E-state index in [-0.39, 0.29) is 5.91 Å². The number of aromatic nitrogens is 2. The predicted molar refractivity (Wildman–Crippen MR) is 107 cm³/mol. The molecule has 3 heterocycles. The first kappa shape index (κ1) is 18.2. The number of nitrogens with zero attached hydrogens (tertiary/aromatic N) is 3. The zero-order valence-corrected chi connectivity index (χ0v) is 15.8. The van der Waals surface area contributed by atoms with Gasteiger partial charge in [-0.15, -0.1) is 0 Å². The fraction of sp³-hybridized carbons (Fsp3) is 0.318. The molecule has 3 aromatic rings. The second kappa shape index (κ2) is 8.69.